The predicted octanol–water partition coefficient (Wildman–Crippen LogP) is 2.11. The van der Waals surface area contributed by atoms with Gasteiger partial charge in [0, 0.05) is 13.2 Å². The molecule has 5 nitrogen and oxygen atoms in total. The Kier molecular flexibility index (Phi) is 3.91. The topological polar surface area (TPSA) is 67.0 Å². The van der Waals surface area contributed by atoms with Gasteiger partial charge in [0.05, 0.1) is 18.0 Å². The standard InChI is InChI=1S/C13H14FN3O2/c1-8-3-4-10(14)11(5-8)16-13-15-9(7-19-2)6-12(18)17-13/h3-6H,7H2,1-2H3,(H2,15,16,17,18). The van der Waals surface area contributed by atoms with Gasteiger partial charge in [-0.15, -0.1) is 0 Å². The third-order valence-electron chi connectivity index (χ3n) is 2.46. The first-order valence-corrected chi connectivity index (χ1v) is 5.71. The predicted molar refractivity (Wildman–Crippen MR) is 70.0 cm³/mol. The van der Waals surface area contributed by atoms with E-state index in [-0.39, 0.29) is 23.8 Å². The van der Waals surface area contributed by atoms with Gasteiger partial charge in [0.25, 0.3) is 5.56 Å². The number of anilines is 2. The lowest BCUT2D eigenvalue weighted by molar-refractivity contribution is 0.181. The molecule has 0 saturated heterocycles. The fraction of sp³-hybridized carbons (Fsp3) is 0.231. The summed E-state index contributed by atoms with van der Waals surface area (Å²) in [6.45, 7) is 2.07. The van der Waals surface area contributed by atoms with Crippen LogP contribution in [0.2, 0.25) is 0 Å². The molecule has 0 atom stereocenters. The molecule has 0 bridgehead atoms. The van der Waals surface area contributed by atoms with E-state index < -0.39 is 5.82 Å². The summed E-state index contributed by atoms with van der Waals surface area (Å²) in [6, 6.07) is 5.99. The van der Waals surface area contributed by atoms with Gasteiger partial charge in [0.1, 0.15) is 5.82 Å². The molecule has 0 aliphatic rings. The Labute approximate surface area is 109 Å². The second kappa shape index (κ2) is 5.62. The molecule has 0 aliphatic carbocycles. The first-order valence-electron chi connectivity index (χ1n) is 5.71. The molecule has 1 heterocycles. The number of halogens is 1. The fourth-order valence-corrected chi connectivity index (χ4v) is 1.65. The van der Waals surface area contributed by atoms with Crippen molar-refractivity contribution in [1.82, 2.24) is 9.97 Å². The van der Waals surface area contributed by atoms with Gasteiger partial charge in [0.2, 0.25) is 5.95 Å². The Morgan fingerprint density at radius 1 is 1.42 bits per heavy atom. The third kappa shape index (κ3) is 3.38. The number of aromatic nitrogens is 2. The van der Waals surface area contributed by atoms with E-state index in [0.717, 1.165) is 5.56 Å². The molecule has 2 aromatic rings. The molecule has 1 aromatic heterocycles. The Morgan fingerprint density at radius 3 is 2.95 bits per heavy atom. The zero-order valence-electron chi connectivity index (χ0n) is 10.7. The molecule has 2 N–H and O–H groups in total. The molecular formula is C13H14FN3O2. The van der Waals surface area contributed by atoms with Crippen LogP contribution in [0, 0.1) is 12.7 Å². The highest BCUT2D eigenvalue weighted by Gasteiger charge is 2.06. The largest absolute Gasteiger partial charge is 0.378 e. The van der Waals surface area contributed by atoms with Crippen molar-refractivity contribution < 1.29 is 9.13 Å². The molecular weight excluding hydrogens is 249 g/mol. The van der Waals surface area contributed by atoms with E-state index >= 15 is 0 Å². The number of rotatable bonds is 4. The number of nitrogens with one attached hydrogen (secondary N) is 2. The minimum absolute atomic E-state index is 0.184. The van der Waals surface area contributed by atoms with E-state index in [1.165, 1.54) is 19.2 Å². The normalized spacial score (nSPS) is 10.5. The third-order valence-corrected chi connectivity index (χ3v) is 2.46. The second-order valence-corrected chi connectivity index (χ2v) is 4.13. The highest BCUT2D eigenvalue weighted by atomic mass is 19.1. The number of H-pyrrole nitrogens is 1. The summed E-state index contributed by atoms with van der Waals surface area (Å²) in [5, 5.41) is 2.76. The molecule has 0 saturated carbocycles. The minimum atomic E-state index is -0.412. The number of aryl methyl sites for hydroxylation is 1. The molecule has 0 fully saturated rings. The monoisotopic (exact) mass is 263 g/mol. The van der Waals surface area contributed by atoms with Crippen molar-refractivity contribution in [3.63, 3.8) is 0 Å². The summed E-state index contributed by atoms with van der Waals surface area (Å²) in [7, 11) is 1.51. The smallest absolute Gasteiger partial charge is 0.252 e. The maximum atomic E-state index is 13.6. The van der Waals surface area contributed by atoms with Crippen molar-refractivity contribution in [1.29, 1.82) is 0 Å². The Bertz CT molecular complexity index is 640. The SMILES string of the molecule is COCc1cc(=O)[nH]c(Nc2cc(C)ccc2F)n1. The molecule has 0 unspecified atom stereocenters. The van der Waals surface area contributed by atoms with Crippen LogP contribution >= 0.6 is 0 Å². The van der Waals surface area contributed by atoms with Crippen LogP contribution in [0.4, 0.5) is 16.0 Å². The van der Waals surface area contributed by atoms with Crippen molar-refractivity contribution in [2.45, 2.75) is 13.5 Å². The van der Waals surface area contributed by atoms with Crippen LogP contribution in [0.1, 0.15) is 11.3 Å². The number of nitrogens with zero attached hydrogens (tertiary/aromatic N) is 1. The molecule has 1 aromatic carbocycles. The highest BCUT2D eigenvalue weighted by Crippen LogP contribution is 2.18. The van der Waals surface area contributed by atoms with E-state index in [1.807, 2.05) is 6.92 Å². The van der Waals surface area contributed by atoms with Crippen LogP contribution < -0.4 is 10.9 Å². The summed E-state index contributed by atoms with van der Waals surface area (Å²) in [5.74, 6) is -0.227. The molecule has 2 rings (SSSR count). The number of methoxy groups -OCH3 is 1. The van der Waals surface area contributed by atoms with Gasteiger partial charge in [0.15, 0.2) is 0 Å². The Morgan fingerprint density at radius 2 is 2.21 bits per heavy atom. The lowest BCUT2D eigenvalue weighted by atomic mass is 10.2. The Balaban J connectivity index is 2.32. The first kappa shape index (κ1) is 13.2. The van der Waals surface area contributed by atoms with Gasteiger partial charge in [-0.2, -0.15) is 0 Å². The van der Waals surface area contributed by atoms with Crippen LogP contribution in [0.5, 0.6) is 0 Å². The number of benzene rings is 1. The number of aromatic amines is 1. The van der Waals surface area contributed by atoms with Gasteiger partial charge >= 0.3 is 0 Å². The quantitative estimate of drug-likeness (QED) is 0.886. The van der Waals surface area contributed by atoms with Gasteiger partial charge in [-0.3, -0.25) is 9.78 Å². The average molecular weight is 263 g/mol. The summed E-state index contributed by atoms with van der Waals surface area (Å²) in [5.41, 5.74) is 1.32. The van der Waals surface area contributed by atoms with Gasteiger partial charge in [-0.25, -0.2) is 9.37 Å². The fourth-order valence-electron chi connectivity index (χ4n) is 1.65. The molecule has 100 valence electrons. The molecule has 19 heavy (non-hydrogen) atoms. The lowest BCUT2D eigenvalue weighted by Gasteiger charge is -2.08. The van der Waals surface area contributed by atoms with Gasteiger partial charge < -0.3 is 10.1 Å². The molecule has 0 radical (unpaired) electrons. The van der Waals surface area contributed by atoms with Crippen molar-refractivity contribution in [2.24, 2.45) is 0 Å². The van der Waals surface area contributed by atoms with Crippen molar-refractivity contribution in [3.8, 4) is 0 Å². The number of hydrogen-bond donors (Lipinski definition) is 2. The van der Waals surface area contributed by atoms with Crippen LogP contribution in [0.3, 0.4) is 0 Å². The van der Waals surface area contributed by atoms with E-state index in [2.05, 4.69) is 15.3 Å². The van der Waals surface area contributed by atoms with Gasteiger partial charge in [-0.05, 0) is 24.6 Å². The van der Waals surface area contributed by atoms with Crippen molar-refractivity contribution in [3.05, 3.63) is 51.7 Å². The van der Waals surface area contributed by atoms with Crippen LogP contribution in [0.15, 0.2) is 29.1 Å². The van der Waals surface area contributed by atoms with E-state index in [9.17, 15) is 9.18 Å². The highest BCUT2D eigenvalue weighted by molar-refractivity contribution is 5.55. The summed E-state index contributed by atoms with van der Waals surface area (Å²) in [4.78, 5) is 18.1. The first-order chi connectivity index (χ1) is 9.08. The summed E-state index contributed by atoms with van der Waals surface area (Å²) < 4.78 is 18.5. The van der Waals surface area contributed by atoms with Crippen LogP contribution in [0.25, 0.3) is 0 Å². The summed E-state index contributed by atoms with van der Waals surface area (Å²) >= 11 is 0. The van der Waals surface area contributed by atoms with E-state index in [4.69, 9.17) is 4.74 Å². The zero-order chi connectivity index (χ0) is 13.8. The zero-order valence-corrected chi connectivity index (χ0v) is 10.7. The van der Waals surface area contributed by atoms with Gasteiger partial charge in [-0.1, -0.05) is 6.07 Å². The maximum Gasteiger partial charge on any atom is 0.252 e. The summed E-state index contributed by atoms with van der Waals surface area (Å²) in [6.07, 6.45) is 0. The number of hydrogen-bond acceptors (Lipinski definition) is 4. The lowest BCUT2D eigenvalue weighted by Crippen LogP contribution is -2.12. The van der Waals surface area contributed by atoms with Crippen LogP contribution in [-0.2, 0) is 11.3 Å². The van der Waals surface area contributed by atoms with Crippen molar-refractivity contribution >= 4 is 11.6 Å². The Hall–Kier alpha value is -2.21. The van der Waals surface area contributed by atoms with E-state index in [1.54, 1.807) is 12.1 Å². The second-order valence-electron chi connectivity index (χ2n) is 4.13. The van der Waals surface area contributed by atoms with E-state index in [0.29, 0.717) is 5.69 Å². The number of ether oxygens (including phenoxy) is 1. The molecule has 6 heteroatoms. The van der Waals surface area contributed by atoms with Crippen LogP contribution in [-0.4, -0.2) is 17.1 Å². The molecule has 0 amide bonds. The molecule has 0 spiro atoms. The maximum absolute atomic E-state index is 13.6. The minimum Gasteiger partial charge on any atom is -0.378 e. The molecule has 0 aliphatic heterocycles. The van der Waals surface area contributed by atoms with Crippen molar-refractivity contribution in [2.75, 3.05) is 12.4 Å². The average Bonchev–Trinajstić information content (AvgIpc) is 2.33.